The van der Waals surface area contributed by atoms with Crippen LogP contribution >= 0.6 is 0 Å². The van der Waals surface area contributed by atoms with Gasteiger partial charge in [0.15, 0.2) is 0 Å². The average molecular weight is 564 g/mol. The first kappa shape index (κ1) is 35.3. The first-order valence-corrected chi connectivity index (χ1v) is 13.7. The van der Waals surface area contributed by atoms with Gasteiger partial charge in [0, 0.05) is 44.2 Å². The molecule has 0 aromatic rings. The Hall–Kier alpha value is -1.74. The summed E-state index contributed by atoms with van der Waals surface area (Å²) < 4.78 is 43.5. The summed E-state index contributed by atoms with van der Waals surface area (Å²) in [6.45, 7) is 16.8. The smallest absolute Gasteiger partial charge is 0.410 e. The summed E-state index contributed by atoms with van der Waals surface area (Å²) >= 11 is 0. The molecule has 0 unspecified atom stereocenters. The second-order valence-corrected chi connectivity index (χ2v) is 9.55. The molecule has 1 heterocycles. The minimum Gasteiger partial charge on any atom is -0.444 e. The predicted molar refractivity (Wildman–Crippen MR) is 144 cm³/mol. The lowest BCUT2D eigenvalue weighted by Gasteiger charge is -2.35. The molecule has 0 aliphatic carbocycles. The number of amides is 1. The third-order valence-electron chi connectivity index (χ3n) is 5.21. The van der Waals surface area contributed by atoms with Gasteiger partial charge in [0.2, 0.25) is 0 Å². The second-order valence-electron chi connectivity index (χ2n) is 9.55. The van der Waals surface area contributed by atoms with Crippen LogP contribution in [0.15, 0.2) is 5.11 Å². The third kappa shape index (κ3) is 22.7. The molecule has 1 saturated heterocycles. The van der Waals surface area contributed by atoms with Crippen molar-refractivity contribution in [1.82, 2.24) is 9.80 Å². The number of hydrogen-bond donors (Lipinski definition) is 0. The third-order valence-corrected chi connectivity index (χ3v) is 5.21. The maximum Gasteiger partial charge on any atom is 0.410 e. The van der Waals surface area contributed by atoms with Gasteiger partial charge in [-0.05, 0) is 26.3 Å². The van der Waals surface area contributed by atoms with Gasteiger partial charge in [0.05, 0.1) is 92.5 Å². The van der Waals surface area contributed by atoms with E-state index in [1.165, 1.54) is 0 Å². The Morgan fingerprint density at radius 2 is 1.05 bits per heavy atom. The topological polar surface area (TPSA) is 146 Å². The molecule has 1 fully saturated rings. The number of hydrogen-bond acceptors (Lipinski definition) is 11. The standard InChI is InChI=1S/C25H49N5O9/c1-25(2,3)39-24(31)30-7-5-29(6-8-30)9-11-33-13-15-35-17-19-37-21-23-38-22-20-36-18-16-34-14-12-32-10-4-27-28-26/h4-23H2,1-3H3. The fourth-order valence-electron chi connectivity index (χ4n) is 3.25. The van der Waals surface area contributed by atoms with E-state index >= 15 is 0 Å². The number of nitrogens with zero attached hydrogens (tertiary/aromatic N) is 5. The van der Waals surface area contributed by atoms with Crippen LogP contribution in [0.25, 0.3) is 10.4 Å². The molecule has 0 spiro atoms. The van der Waals surface area contributed by atoms with Crippen LogP contribution in [0.3, 0.4) is 0 Å². The molecule has 0 radical (unpaired) electrons. The fraction of sp³-hybridized carbons (Fsp3) is 0.960. The molecular formula is C25H49N5O9. The van der Waals surface area contributed by atoms with Crippen molar-refractivity contribution < 1.29 is 42.7 Å². The molecule has 0 aromatic heterocycles. The summed E-state index contributed by atoms with van der Waals surface area (Å²) in [5.74, 6) is 0. The highest BCUT2D eigenvalue weighted by Crippen LogP contribution is 2.11. The lowest BCUT2D eigenvalue weighted by Crippen LogP contribution is -2.50. The zero-order valence-electron chi connectivity index (χ0n) is 24.1. The molecule has 0 atom stereocenters. The number of rotatable bonds is 24. The zero-order chi connectivity index (χ0) is 28.4. The zero-order valence-corrected chi connectivity index (χ0v) is 24.1. The van der Waals surface area contributed by atoms with Gasteiger partial charge >= 0.3 is 6.09 Å². The molecule has 0 N–H and O–H groups in total. The van der Waals surface area contributed by atoms with Gasteiger partial charge in [-0.15, -0.1) is 0 Å². The van der Waals surface area contributed by atoms with Crippen molar-refractivity contribution >= 4 is 6.09 Å². The normalized spacial score (nSPS) is 14.4. The minimum atomic E-state index is -0.465. The van der Waals surface area contributed by atoms with Gasteiger partial charge in [0.1, 0.15) is 5.60 Å². The summed E-state index contributed by atoms with van der Waals surface area (Å²) in [4.78, 5) is 18.8. The number of carbonyl (C=O) groups excluding carboxylic acids is 1. The fourth-order valence-corrected chi connectivity index (χ4v) is 3.25. The van der Waals surface area contributed by atoms with Gasteiger partial charge in [-0.2, -0.15) is 0 Å². The van der Waals surface area contributed by atoms with Crippen LogP contribution in [-0.2, 0) is 37.9 Å². The number of azide groups is 1. The first-order valence-electron chi connectivity index (χ1n) is 13.7. The molecule has 0 bridgehead atoms. The molecule has 1 aliphatic heterocycles. The van der Waals surface area contributed by atoms with Gasteiger partial charge < -0.3 is 42.8 Å². The summed E-state index contributed by atoms with van der Waals surface area (Å²) in [6.07, 6.45) is -0.240. The molecule has 1 amide bonds. The van der Waals surface area contributed by atoms with E-state index in [0.717, 1.165) is 19.6 Å². The lowest BCUT2D eigenvalue weighted by atomic mass is 10.2. The second kappa shape index (κ2) is 24.1. The van der Waals surface area contributed by atoms with E-state index in [4.69, 9.17) is 43.4 Å². The van der Waals surface area contributed by atoms with Crippen molar-refractivity contribution in [2.45, 2.75) is 26.4 Å². The summed E-state index contributed by atoms with van der Waals surface area (Å²) in [5, 5.41) is 3.37. The minimum absolute atomic E-state index is 0.240. The number of carbonyl (C=O) groups is 1. The Morgan fingerprint density at radius 3 is 1.44 bits per heavy atom. The Kier molecular flexibility index (Phi) is 21.8. The van der Waals surface area contributed by atoms with Crippen LogP contribution < -0.4 is 0 Å². The van der Waals surface area contributed by atoms with E-state index in [2.05, 4.69) is 14.9 Å². The van der Waals surface area contributed by atoms with Crippen molar-refractivity contribution in [2.75, 3.05) is 132 Å². The molecule has 39 heavy (non-hydrogen) atoms. The van der Waals surface area contributed by atoms with Crippen LogP contribution in [0.1, 0.15) is 20.8 Å². The van der Waals surface area contributed by atoms with Gasteiger partial charge in [-0.3, -0.25) is 4.90 Å². The van der Waals surface area contributed by atoms with Crippen LogP contribution in [0.5, 0.6) is 0 Å². The largest absolute Gasteiger partial charge is 0.444 e. The lowest BCUT2D eigenvalue weighted by molar-refractivity contribution is -0.0213. The highest BCUT2D eigenvalue weighted by Gasteiger charge is 2.25. The van der Waals surface area contributed by atoms with Gasteiger partial charge in [-0.25, -0.2) is 4.79 Å². The Morgan fingerprint density at radius 1 is 0.667 bits per heavy atom. The average Bonchev–Trinajstić information content (AvgIpc) is 2.90. The maximum atomic E-state index is 12.1. The van der Waals surface area contributed by atoms with Crippen molar-refractivity contribution in [1.29, 1.82) is 0 Å². The van der Waals surface area contributed by atoms with E-state index in [1.807, 2.05) is 20.8 Å². The maximum absolute atomic E-state index is 12.1. The SMILES string of the molecule is CC(C)(C)OC(=O)N1CCN(CCOCCOCCOCCOCCOCCOCCOCCN=[N+]=[N-])CC1. The molecule has 0 aromatic carbocycles. The highest BCUT2D eigenvalue weighted by molar-refractivity contribution is 5.68. The van der Waals surface area contributed by atoms with Crippen molar-refractivity contribution in [3.63, 3.8) is 0 Å². The molecule has 228 valence electrons. The Labute approximate surface area is 232 Å². The van der Waals surface area contributed by atoms with Gasteiger partial charge in [0.25, 0.3) is 0 Å². The molecule has 14 heteroatoms. The number of piperazine rings is 1. The quantitative estimate of drug-likeness (QED) is 0.0739. The molecule has 1 rings (SSSR count). The molecular weight excluding hydrogens is 514 g/mol. The van der Waals surface area contributed by atoms with E-state index in [0.29, 0.717) is 112 Å². The van der Waals surface area contributed by atoms with Crippen molar-refractivity contribution in [3.05, 3.63) is 10.4 Å². The monoisotopic (exact) mass is 563 g/mol. The van der Waals surface area contributed by atoms with E-state index in [9.17, 15) is 4.79 Å². The van der Waals surface area contributed by atoms with E-state index < -0.39 is 5.60 Å². The first-order chi connectivity index (χ1) is 18.9. The molecule has 1 aliphatic rings. The summed E-state index contributed by atoms with van der Waals surface area (Å²) in [7, 11) is 0. The van der Waals surface area contributed by atoms with Crippen molar-refractivity contribution in [3.8, 4) is 0 Å². The van der Waals surface area contributed by atoms with Crippen LogP contribution in [0.4, 0.5) is 4.79 Å². The van der Waals surface area contributed by atoms with Gasteiger partial charge in [-0.1, -0.05) is 5.11 Å². The number of ether oxygens (including phenoxy) is 8. The van der Waals surface area contributed by atoms with Crippen molar-refractivity contribution in [2.24, 2.45) is 5.11 Å². The van der Waals surface area contributed by atoms with Crippen LogP contribution in [0, 0.1) is 0 Å². The Balaban J connectivity index is 1.74. The van der Waals surface area contributed by atoms with Crippen LogP contribution in [-0.4, -0.2) is 153 Å². The van der Waals surface area contributed by atoms with E-state index in [1.54, 1.807) is 4.90 Å². The van der Waals surface area contributed by atoms with E-state index in [-0.39, 0.29) is 6.09 Å². The summed E-state index contributed by atoms with van der Waals surface area (Å²) in [6, 6.07) is 0. The van der Waals surface area contributed by atoms with Crippen LogP contribution in [0.2, 0.25) is 0 Å². The summed E-state index contributed by atoms with van der Waals surface area (Å²) in [5.41, 5.74) is 7.66. The molecule has 14 nitrogen and oxygen atoms in total. The highest BCUT2D eigenvalue weighted by atomic mass is 16.6. The Bertz CT molecular complexity index is 640. The predicted octanol–water partition coefficient (Wildman–Crippen LogP) is 1.97. The molecule has 0 saturated carbocycles.